The number of methoxy groups -OCH3 is 1. The molecule has 1 fully saturated rings. The topological polar surface area (TPSA) is 58.6 Å². The van der Waals surface area contributed by atoms with Crippen LogP contribution in [0.2, 0.25) is 0 Å². The van der Waals surface area contributed by atoms with E-state index in [2.05, 4.69) is 4.74 Å². The molecule has 1 amide bonds. The Labute approximate surface area is 146 Å². The molecule has 0 aliphatic carbocycles. The molecule has 1 atom stereocenters. The maximum Gasteiger partial charge on any atom is 0.308 e. The Bertz CT molecular complexity index is 691. The third-order valence-corrected chi connectivity index (χ3v) is 4.45. The van der Waals surface area contributed by atoms with Crippen LogP contribution in [0.3, 0.4) is 0 Å². The largest absolute Gasteiger partial charge is 0.469 e. The lowest BCUT2D eigenvalue weighted by atomic mass is 9.96. The van der Waals surface area contributed by atoms with E-state index < -0.39 is 46.7 Å². The highest BCUT2D eigenvalue weighted by Gasteiger charge is 2.32. The van der Waals surface area contributed by atoms with Gasteiger partial charge < -0.3 is 10.1 Å². The predicted octanol–water partition coefficient (Wildman–Crippen LogP) is 2.59. The van der Waals surface area contributed by atoms with Gasteiger partial charge in [0.15, 0.2) is 23.3 Å². The molecule has 2 rings (SSSR count). The summed E-state index contributed by atoms with van der Waals surface area (Å²) >= 11 is 0. The molecule has 1 heterocycles. The molecule has 5 nitrogen and oxygen atoms in total. The second-order valence-corrected chi connectivity index (χ2v) is 5.94. The fourth-order valence-corrected chi connectivity index (χ4v) is 2.80. The number of anilines is 1. The van der Waals surface area contributed by atoms with Gasteiger partial charge in [0.05, 0.1) is 19.1 Å². The first-order valence-corrected chi connectivity index (χ1v) is 7.83. The number of esters is 1. The Hall–Kier alpha value is -2.23. The van der Waals surface area contributed by atoms with Gasteiger partial charge >= 0.3 is 5.97 Å². The van der Waals surface area contributed by atoms with Gasteiger partial charge in [0.2, 0.25) is 11.7 Å². The van der Waals surface area contributed by atoms with Gasteiger partial charge in [-0.2, -0.15) is 0 Å². The number of rotatable bonds is 4. The fraction of sp³-hybridized carbons (Fsp3) is 0.500. The summed E-state index contributed by atoms with van der Waals surface area (Å²) in [6.07, 6.45) is 0.847. The lowest BCUT2D eigenvalue weighted by molar-refractivity contribution is -0.147. The van der Waals surface area contributed by atoms with E-state index in [0.717, 1.165) is 0 Å². The van der Waals surface area contributed by atoms with E-state index in [0.29, 0.717) is 25.9 Å². The number of piperidine rings is 1. The van der Waals surface area contributed by atoms with E-state index >= 15 is 0 Å². The first-order chi connectivity index (χ1) is 12.2. The van der Waals surface area contributed by atoms with Crippen molar-refractivity contribution in [3.05, 3.63) is 29.1 Å². The van der Waals surface area contributed by atoms with Gasteiger partial charge in [0.25, 0.3) is 0 Å². The van der Waals surface area contributed by atoms with Crippen molar-refractivity contribution in [1.29, 1.82) is 0 Å². The molecule has 0 saturated carbocycles. The molecule has 26 heavy (non-hydrogen) atoms. The lowest BCUT2D eigenvalue weighted by Crippen LogP contribution is -2.47. The second kappa shape index (κ2) is 7.98. The molecule has 1 aliphatic heterocycles. The Morgan fingerprint density at radius 3 is 1.92 bits per heavy atom. The van der Waals surface area contributed by atoms with Crippen LogP contribution in [0, 0.1) is 35.0 Å². The number of nitrogens with one attached hydrogen (secondary N) is 1. The summed E-state index contributed by atoms with van der Waals surface area (Å²) in [6.45, 7) is 2.11. The summed E-state index contributed by atoms with van der Waals surface area (Å²) in [7, 11) is 1.27. The van der Waals surface area contributed by atoms with Crippen molar-refractivity contribution in [3.8, 4) is 0 Å². The second-order valence-electron chi connectivity index (χ2n) is 5.94. The summed E-state index contributed by atoms with van der Waals surface area (Å²) in [5.41, 5.74) is -1.39. The molecule has 1 aromatic carbocycles. The number of hydrogen-bond acceptors (Lipinski definition) is 4. The van der Waals surface area contributed by atoms with Crippen LogP contribution in [0.1, 0.15) is 19.8 Å². The Morgan fingerprint density at radius 1 is 1.00 bits per heavy atom. The van der Waals surface area contributed by atoms with Gasteiger partial charge in [-0.05, 0) is 32.9 Å². The lowest BCUT2D eigenvalue weighted by Gasteiger charge is -2.34. The van der Waals surface area contributed by atoms with Crippen LogP contribution < -0.4 is 5.32 Å². The van der Waals surface area contributed by atoms with Gasteiger partial charge in [0.1, 0.15) is 5.69 Å². The van der Waals surface area contributed by atoms with E-state index in [9.17, 15) is 31.5 Å². The molecule has 0 aromatic heterocycles. The van der Waals surface area contributed by atoms with Crippen molar-refractivity contribution < 1.29 is 36.3 Å². The average Bonchev–Trinajstić information content (AvgIpc) is 2.66. The van der Waals surface area contributed by atoms with Crippen LogP contribution in [0.4, 0.5) is 27.6 Å². The van der Waals surface area contributed by atoms with Gasteiger partial charge in [0, 0.05) is 0 Å². The van der Waals surface area contributed by atoms with Crippen LogP contribution in [0.15, 0.2) is 0 Å². The van der Waals surface area contributed by atoms with Crippen molar-refractivity contribution in [2.24, 2.45) is 5.92 Å². The number of likely N-dealkylation sites (tertiary alicyclic amines) is 1. The molecule has 0 spiro atoms. The number of carbonyl (C=O) groups is 2. The van der Waals surface area contributed by atoms with Crippen LogP contribution in [-0.4, -0.2) is 43.0 Å². The monoisotopic (exact) mass is 380 g/mol. The van der Waals surface area contributed by atoms with E-state index in [1.165, 1.54) is 14.0 Å². The summed E-state index contributed by atoms with van der Waals surface area (Å²) in [5, 5.41) is 1.76. The van der Waals surface area contributed by atoms with E-state index in [1.807, 2.05) is 0 Å². The molecule has 1 unspecified atom stereocenters. The van der Waals surface area contributed by atoms with Crippen LogP contribution in [0.5, 0.6) is 0 Å². The molecule has 10 heteroatoms. The van der Waals surface area contributed by atoms with Gasteiger partial charge in [-0.1, -0.05) is 0 Å². The van der Waals surface area contributed by atoms with Crippen molar-refractivity contribution in [3.63, 3.8) is 0 Å². The van der Waals surface area contributed by atoms with E-state index in [1.54, 1.807) is 10.2 Å². The maximum absolute atomic E-state index is 13.6. The van der Waals surface area contributed by atoms with Crippen LogP contribution >= 0.6 is 0 Å². The smallest absolute Gasteiger partial charge is 0.308 e. The van der Waals surface area contributed by atoms with E-state index in [4.69, 9.17) is 0 Å². The minimum Gasteiger partial charge on any atom is -0.469 e. The SMILES string of the molecule is COC(=O)C1CCN(C(C)C(=O)Nc2c(F)c(F)c(F)c(F)c2F)CC1. The summed E-state index contributed by atoms with van der Waals surface area (Å²) in [4.78, 5) is 25.3. The number of amides is 1. The Morgan fingerprint density at radius 2 is 1.46 bits per heavy atom. The third-order valence-electron chi connectivity index (χ3n) is 4.45. The molecule has 1 aliphatic rings. The van der Waals surface area contributed by atoms with Gasteiger partial charge in [-0.15, -0.1) is 0 Å². The minimum atomic E-state index is -2.30. The molecule has 0 radical (unpaired) electrons. The van der Waals surface area contributed by atoms with Crippen LogP contribution in [-0.2, 0) is 14.3 Å². The van der Waals surface area contributed by atoms with Crippen molar-refractivity contribution in [2.45, 2.75) is 25.8 Å². The van der Waals surface area contributed by atoms with Crippen molar-refractivity contribution in [1.82, 2.24) is 4.90 Å². The number of benzene rings is 1. The number of ether oxygens (including phenoxy) is 1. The molecule has 0 bridgehead atoms. The van der Waals surface area contributed by atoms with Crippen LogP contribution in [0.25, 0.3) is 0 Å². The average molecular weight is 380 g/mol. The van der Waals surface area contributed by atoms with Gasteiger partial charge in [-0.25, -0.2) is 22.0 Å². The third kappa shape index (κ3) is 3.79. The van der Waals surface area contributed by atoms with Gasteiger partial charge in [-0.3, -0.25) is 14.5 Å². The highest BCUT2D eigenvalue weighted by Crippen LogP contribution is 2.28. The molecule has 1 saturated heterocycles. The zero-order chi connectivity index (χ0) is 19.6. The number of nitrogens with zero attached hydrogens (tertiary/aromatic N) is 1. The first-order valence-electron chi connectivity index (χ1n) is 7.83. The van der Waals surface area contributed by atoms with Crippen molar-refractivity contribution >= 4 is 17.6 Å². The highest BCUT2D eigenvalue weighted by atomic mass is 19.2. The predicted molar refractivity (Wildman–Crippen MR) is 80.6 cm³/mol. The normalized spacial score (nSPS) is 17.0. The minimum absolute atomic E-state index is 0.304. The van der Waals surface area contributed by atoms with E-state index in [-0.39, 0.29) is 11.9 Å². The first kappa shape index (κ1) is 20.1. The number of carbonyl (C=O) groups excluding carboxylic acids is 2. The maximum atomic E-state index is 13.6. The molecular weight excluding hydrogens is 363 g/mol. The quantitative estimate of drug-likeness (QED) is 0.378. The zero-order valence-electron chi connectivity index (χ0n) is 14.0. The molecule has 144 valence electrons. The zero-order valence-corrected chi connectivity index (χ0v) is 14.0. The summed E-state index contributed by atoms with van der Waals surface area (Å²) in [5.74, 6) is -12.4. The molecule has 1 aromatic rings. The molecular formula is C16H17F5N2O3. The Kier molecular flexibility index (Phi) is 6.17. The standard InChI is InChI=1S/C16H17F5N2O3/c1-7(23-5-3-8(4-6-23)16(25)26-2)15(24)22-14-12(20)10(18)9(17)11(19)13(14)21/h7-8H,3-6H2,1-2H3,(H,22,24). The summed E-state index contributed by atoms with van der Waals surface area (Å²) in [6, 6.07) is -0.899. The fourth-order valence-electron chi connectivity index (χ4n) is 2.80. The number of halogens is 5. The summed E-state index contributed by atoms with van der Waals surface area (Å²) < 4.78 is 71.4. The molecule has 1 N–H and O–H groups in total. The number of hydrogen-bond donors (Lipinski definition) is 1. The Balaban J connectivity index is 2.08. The van der Waals surface area contributed by atoms with Crippen molar-refractivity contribution in [2.75, 3.05) is 25.5 Å². The highest BCUT2D eigenvalue weighted by molar-refractivity contribution is 5.94.